The number of carbonyl (C=O) groups excluding carboxylic acids is 2. The van der Waals surface area contributed by atoms with Gasteiger partial charge in [0.1, 0.15) is 0 Å². The number of likely N-dealkylation sites (tertiary alicyclic amines) is 1. The van der Waals surface area contributed by atoms with E-state index in [1.165, 1.54) is 0 Å². The van der Waals surface area contributed by atoms with Gasteiger partial charge in [0.25, 0.3) is 5.91 Å². The third-order valence-corrected chi connectivity index (χ3v) is 5.11. The van der Waals surface area contributed by atoms with E-state index in [1.54, 1.807) is 0 Å². The van der Waals surface area contributed by atoms with Crippen LogP contribution in [0.5, 0.6) is 0 Å². The lowest BCUT2D eigenvalue weighted by atomic mass is 9.96. The van der Waals surface area contributed by atoms with Gasteiger partial charge in [0.05, 0.1) is 18.6 Å². The molecular weight excluding hydrogens is 318 g/mol. The Balaban J connectivity index is 1.48. The van der Waals surface area contributed by atoms with Crippen LogP contribution in [0.15, 0.2) is 30.3 Å². The Morgan fingerprint density at radius 3 is 2.80 bits per heavy atom. The van der Waals surface area contributed by atoms with E-state index in [9.17, 15) is 9.59 Å². The Labute approximate surface area is 149 Å². The van der Waals surface area contributed by atoms with Gasteiger partial charge in [-0.2, -0.15) is 0 Å². The molecule has 0 N–H and O–H groups in total. The molecule has 1 aromatic rings. The van der Waals surface area contributed by atoms with Crippen molar-refractivity contribution in [1.82, 2.24) is 4.90 Å². The molecule has 3 unspecified atom stereocenters. The van der Waals surface area contributed by atoms with Crippen molar-refractivity contribution in [2.24, 2.45) is 11.8 Å². The molecule has 25 heavy (non-hydrogen) atoms. The van der Waals surface area contributed by atoms with Crippen LogP contribution in [-0.4, -0.2) is 49.2 Å². The van der Waals surface area contributed by atoms with E-state index in [1.807, 2.05) is 42.2 Å². The summed E-state index contributed by atoms with van der Waals surface area (Å²) in [5.74, 6) is 0.133. The van der Waals surface area contributed by atoms with Gasteiger partial charge < -0.3 is 14.4 Å². The molecule has 1 amide bonds. The Morgan fingerprint density at radius 1 is 1.24 bits per heavy atom. The van der Waals surface area contributed by atoms with Crippen molar-refractivity contribution < 1.29 is 19.1 Å². The van der Waals surface area contributed by atoms with Crippen molar-refractivity contribution in [2.45, 2.75) is 38.7 Å². The molecule has 136 valence electrons. The first kappa shape index (κ1) is 17.9. The average molecular weight is 345 g/mol. The summed E-state index contributed by atoms with van der Waals surface area (Å²) >= 11 is 0. The quantitative estimate of drug-likeness (QED) is 0.788. The summed E-state index contributed by atoms with van der Waals surface area (Å²) in [6, 6.07) is 9.36. The summed E-state index contributed by atoms with van der Waals surface area (Å²) in [5.41, 5.74) is 0.719. The monoisotopic (exact) mass is 345 g/mol. The summed E-state index contributed by atoms with van der Waals surface area (Å²) in [7, 11) is 0. The zero-order valence-electron chi connectivity index (χ0n) is 14.9. The number of hydrogen-bond donors (Lipinski definition) is 0. The maximum absolute atomic E-state index is 12.6. The van der Waals surface area contributed by atoms with Crippen molar-refractivity contribution in [3.05, 3.63) is 35.9 Å². The smallest absolute Gasteiger partial charge is 0.309 e. The number of piperidine rings is 1. The van der Waals surface area contributed by atoms with Crippen molar-refractivity contribution in [2.75, 3.05) is 26.3 Å². The SMILES string of the molecule is CC1CC(C(=O)OCC2CCCN(C(=O)c3ccccc3)C2)CCO1. The highest BCUT2D eigenvalue weighted by Gasteiger charge is 2.29. The lowest BCUT2D eigenvalue weighted by Gasteiger charge is -2.33. The number of benzene rings is 1. The minimum atomic E-state index is -0.110. The van der Waals surface area contributed by atoms with Crippen LogP contribution in [0.25, 0.3) is 0 Å². The first-order chi connectivity index (χ1) is 12.1. The number of rotatable bonds is 4. The van der Waals surface area contributed by atoms with Gasteiger partial charge >= 0.3 is 5.97 Å². The molecule has 2 aliphatic rings. The maximum Gasteiger partial charge on any atom is 0.309 e. The van der Waals surface area contributed by atoms with E-state index in [2.05, 4.69) is 0 Å². The van der Waals surface area contributed by atoms with Crippen LogP contribution in [0.2, 0.25) is 0 Å². The highest BCUT2D eigenvalue weighted by atomic mass is 16.5. The van der Waals surface area contributed by atoms with Crippen molar-refractivity contribution in [3.8, 4) is 0 Å². The number of nitrogens with zero attached hydrogens (tertiary/aromatic N) is 1. The number of amides is 1. The van der Waals surface area contributed by atoms with Crippen LogP contribution in [0.4, 0.5) is 0 Å². The summed E-state index contributed by atoms with van der Waals surface area (Å²) in [6.45, 7) is 4.46. The van der Waals surface area contributed by atoms with E-state index in [0.717, 1.165) is 37.8 Å². The van der Waals surface area contributed by atoms with Crippen LogP contribution in [0.1, 0.15) is 43.0 Å². The Hall–Kier alpha value is -1.88. The number of carbonyl (C=O) groups is 2. The second kappa shape index (κ2) is 8.48. The predicted octanol–water partition coefficient (Wildman–Crippen LogP) is 2.90. The largest absolute Gasteiger partial charge is 0.465 e. The summed E-state index contributed by atoms with van der Waals surface area (Å²) in [6.07, 6.45) is 3.56. The zero-order chi connectivity index (χ0) is 17.6. The number of hydrogen-bond acceptors (Lipinski definition) is 4. The zero-order valence-corrected chi connectivity index (χ0v) is 14.9. The molecule has 0 saturated carbocycles. The van der Waals surface area contributed by atoms with Crippen molar-refractivity contribution in [3.63, 3.8) is 0 Å². The third-order valence-electron chi connectivity index (χ3n) is 5.11. The Morgan fingerprint density at radius 2 is 2.04 bits per heavy atom. The standard InChI is InChI=1S/C20H27NO4/c1-15-12-18(9-11-24-15)20(23)25-14-16-6-5-10-21(13-16)19(22)17-7-3-2-4-8-17/h2-4,7-8,15-16,18H,5-6,9-14H2,1H3. The fourth-order valence-electron chi connectivity index (χ4n) is 3.68. The lowest BCUT2D eigenvalue weighted by molar-refractivity contribution is -0.155. The second-order valence-electron chi connectivity index (χ2n) is 7.16. The van der Waals surface area contributed by atoms with Crippen molar-refractivity contribution >= 4 is 11.9 Å². The molecule has 2 aliphatic heterocycles. The third kappa shape index (κ3) is 4.82. The van der Waals surface area contributed by atoms with Crippen LogP contribution >= 0.6 is 0 Å². The first-order valence-electron chi connectivity index (χ1n) is 9.26. The van der Waals surface area contributed by atoms with Crippen LogP contribution < -0.4 is 0 Å². The molecule has 2 saturated heterocycles. The van der Waals surface area contributed by atoms with Crippen LogP contribution in [-0.2, 0) is 14.3 Å². The molecule has 0 bridgehead atoms. The molecule has 0 radical (unpaired) electrons. The molecule has 3 atom stereocenters. The maximum atomic E-state index is 12.6. The number of esters is 1. The summed E-state index contributed by atoms with van der Waals surface area (Å²) in [4.78, 5) is 26.7. The van der Waals surface area contributed by atoms with Gasteiger partial charge in [-0.3, -0.25) is 9.59 Å². The highest BCUT2D eigenvalue weighted by Crippen LogP contribution is 2.23. The van der Waals surface area contributed by atoms with E-state index < -0.39 is 0 Å². The summed E-state index contributed by atoms with van der Waals surface area (Å²) in [5, 5.41) is 0. The highest BCUT2D eigenvalue weighted by molar-refractivity contribution is 5.94. The van der Waals surface area contributed by atoms with Gasteiger partial charge in [-0.1, -0.05) is 18.2 Å². The van der Waals surface area contributed by atoms with Crippen molar-refractivity contribution in [1.29, 1.82) is 0 Å². The van der Waals surface area contributed by atoms with Gasteiger partial charge in [-0.05, 0) is 44.7 Å². The van der Waals surface area contributed by atoms with E-state index in [4.69, 9.17) is 9.47 Å². The Bertz CT molecular complexity index is 589. The molecule has 0 spiro atoms. The fraction of sp³-hybridized carbons (Fsp3) is 0.600. The van der Waals surface area contributed by atoms with Gasteiger partial charge in [0.15, 0.2) is 0 Å². The van der Waals surface area contributed by atoms with E-state index >= 15 is 0 Å². The molecule has 0 aliphatic carbocycles. The average Bonchev–Trinajstić information content (AvgIpc) is 2.66. The minimum absolute atomic E-state index is 0.0469. The minimum Gasteiger partial charge on any atom is -0.465 e. The molecular formula is C20H27NO4. The molecule has 5 heteroatoms. The molecule has 0 aromatic heterocycles. The lowest BCUT2D eigenvalue weighted by Crippen LogP contribution is -2.41. The second-order valence-corrected chi connectivity index (χ2v) is 7.16. The fourth-order valence-corrected chi connectivity index (χ4v) is 3.68. The molecule has 1 aromatic carbocycles. The van der Waals surface area contributed by atoms with Gasteiger partial charge in [0.2, 0.25) is 0 Å². The van der Waals surface area contributed by atoms with Crippen LogP contribution in [0, 0.1) is 11.8 Å². The molecule has 3 rings (SSSR count). The van der Waals surface area contributed by atoms with Crippen LogP contribution in [0.3, 0.4) is 0 Å². The predicted molar refractivity (Wildman–Crippen MR) is 94.2 cm³/mol. The van der Waals surface area contributed by atoms with E-state index in [-0.39, 0.29) is 29.8 Å². The molecule has 2 heterocycles. The summed E-state index contributed by atoms with van der Waals surface area (Å²) < 4.78 is 11.1. The number of ether oxygens (including phenoxy) is 2. The Kier molecular flexibility index (Phi) is 6.08. The first-order valence-corrected chi connectivity index (χ1v) is 9.26. The molecule has 5 nitrogen and oxygen atoms in total. The normalized spacial score (nSPS) is 26.9. The van der Waals surface area contributed by atoms with E-state index in [0.29, 0.717) is 19.8 Å². The van der Waals surface area contributed by atoms with Gasteiger partial charge in [-0.15, -0.1) is 0 Å². The van der Waals surface area contributed by atoms with Gasteiger partial charge in [0, 0.05) is 31.2 Å². The molecule has 2 fully saturated rings. The van der Waals surface area contributed by atoms with Gasteiger partial charge in [-0.25, -0.2) is 0 Å². The topological polar surface area (TPSA) is 55.8 Å².